The van der Waals surface area contributed by atoms with Gasteiger partial charge < -0.3 is 4.74 Å². The van der Waals surface area contributed by atoms with Crippen molar-refractivity contribution in [2.24, 2.45) is 0 Å². The molecular weight excluding hydrogens is 338 g/mol. The van der Waals surface area contributed by atoms with Crippen LogP contribution in [0.4, 0.5) is 4.79 Å². The fourth-order valence-electron chi connectivity index (χ4n) is 2.58. The first-order chi connectivity index (χ1) is 12.0. The lowest BCUT2D eigenvalue weighted by atomic mass is 10.0. The van der Waals surface area contributed by atoms with Gasteiger partial charge in [-0.2, -0.15) is 0 Å². The molecule has 0 N–H and O–H groups in total. The van der Waals surface area contributed by atoms with Crippen LogP contribution < -0.4 is 0 Å². The van der Waals surface area contributed by atoms with E-state index in [-0.39, 0.29) is 12.6 Å². The summed E-state index contributed by atoms with van der Waals surface area (Å²) in [6.45, 7) is 3.06. The SMILES string of the molecule is CC(C)OC(=O)CN1C(=O)SC(=Cc2cccc3ccccc23)C1=O. The Labute approximate surface area is 149 Å². The normalized spacial score (nSPS) is 16.3. The van der Waals surface area contributed by atoms with Gasteiger partial charge in [-0.1, -0.05) is 42.5 Å². The summed E-state index contributed by atoms with van der Waals surface area (Å²) in [5, 5.41) is 1.59. The quantitative estimate of drug-likeness (QED) is 0.616. The van der Waals surface area contributed by atoms with Gasteiger partial charge in [-0.15, -0.1) is 0 Å². The first-order valence-electron chi connectivity index (χ1n) is 7.88. The lowest BCUT2D eigenvalue weighted by molar-refractivity contribution is -0.149. The number of carbonyl (C=O) groups is 3. The molecule has 25 heavy (non-hydrogen) atoms. The zero-order valence-electron chi connectivity index (χ0n) is 13.9. The minimum absolute atomic E-state index is 0.293. The van der Waals surface area contributed by atoms with Crippen molar-refractivity contribution in [1.82, 2.24) is 4.90 Å². The van der Waals surface area contributed by atoms with E-state index in [9.17, 15) is 14.4 Å². The van der Waals surface area contributed by atoms with Gasteiger partial charge in [-0.25, -0.2) is 0 Å². The summed E-state index contributed by atoms with van der Waals surface area (Å²) in [7, 11) is 0. The molecule has 1 aliphatic rings. The number of hydrogen-bond acceptors (Lipinski definition) is 5. The molecule has 2 aromatic rings. The van der Waals surface area contributed by atoms with E-state index < -0.39 is 17.1 Å². The highest BCUT2D eigenvalue weighted by Crippen LogP contribution is 2.33. The van der Waals surface area contributed by atoms with Crippen molar-refractivity contribution < 1.29 is 19.1 Å². The molecule has 3 rings (SSSR count). The van der Waals surface area contributed by atoms with Crippen molar-refractivity contribution in [3.8, 4) is 0 Å². The highest BCUT2D eigenvalue weighted by atomic mass is 32.2. The lowest BCUT2D eigenvalue weighted by Crippen LogP contribution is -2.35. The van der Waals surface area contributed by atoms with Crippen molar-refractivity contribution >= 4 is 45.7 Å². The summed E-state index contributed by atoms with van der Waals surface area (Å²) in [5.74, 6) is -1.06. The van der Waals surface area contributed by atoms with Gasteiger partial charge in [-0.3, -0.25) is 19.3 Å². The number of rotatable bonds is 4. The largest absolute Gasteiger partial charge is 0.462 e. The van der Waals surface area contributed by atoms with Gasteiger partial charge >= 0.3 is 5.97 Å². The van der Waals surface area contributed by atoms with Crippen LogP contribution in [0.1, 0.15) is 19.4 Å². The van der Waals surface area contributed by atoms with Crippen molar-refractivity contribution in [2.75, 3.05) is 6.54 Å². The predicted molar refractivity (Wildman–Crippen MR) is 97.9 cm³/mol. The standard InChI is InChI=1S/C19H17NO4S/c1-12(2)24-17(21)11-20-18(22)16(25-19(20)23)10-14-8-5-7-13-6-3-4-9-15(13)14/h3-10,12H,11H2,1-2H3. The summed E-state index contributed by atoms with van der Waals surface area (Å²) >= 11 is 0.837. The summed E-state index contributed by atoms with van der Waals surface area (Å²) in [6.07, 6.45) is 1.40. The summed E-state index contributed by atoms with van der Waals surface area (Å²) in [4.78, 5) is 37.5. The summed E-state index contributed by atoms with van der Waals surface area (Å²) in [5.41, 5.74) is 0.855. The Morgan fingerprint density at radius 1 is 1.16 bits per heavy atom. The molecule has 0 saturated carbocycles. The highest BCUT2D eigenvalue weighted by molar-refractivity contribution is 8.18. The first-order valence-corrected chi connectivity index (χ1v) is 8.70. The molecule has 1 heterocycles. The monoisotopic (exact) mass is 355 g/mol. The van der Waals surface area contributed by atoms with Gasteiger partial charge in [0, 0.05) is 0 Å². The molecule has 0 aromatic heterocycles. The topological polar surface area (TPSA) is 63.7 Å². The molecule has 2 aromatic carbocycles. The first kappa shape index (κ1) is 17.2. The Balaban J connectivity index is 1.86. The fourth-order valence-corrected chi connectivity index (χ4v) is 3.41. The number of carbonyl (C=O) groups excluding carboxylic acids is 3. The molecule has 0 radical (unpaired) electrons. The van der Waals surface area contributed by atoms with Crippen molar-refractivity contribution in [3.63, 3.8) is 0 Å². The smallest absolute Gasteiger partial charge is 0.326 e. The third kappa shape index (κ3) is 3.74. The maximum Gasteiger partial charge on any atom is 0.326 e. The number of benzene rings is 2. The van der Waals surface area contributed by atoms with Gasteiger partial charge in [0.15, 0.2) is 0 Å². The van der Waals surface area contributed by atoms with Gasteiger partial charge in [0.2, 0.25) is 0 Å². The third-order valence-electron chi connectivity index (χ3n) is 3.64. The number of fused-ring (bicyclic) bond motifs is 1. The Morgan fingerprint density at radius 3 is 2.64 bits per heavy atom. The minimum Gasteiger partial charge on any atom is -0.462 e. The van der Waals surface area contributed by atoms with E-state index in [1.54, 1.807) is 19.9 Å². The summed E-state index contributed by atoms with van der Waals surface area (Å²) < 4.78 is 5.01. The highest BCUT2D eigenvalue weighted by Gasteiger charge is 2.36. The average Bonchev–Trinajstić information content (AvgIpc) is 2.82. The number of amides is 2. The second-order valence-electron chi connectivity index (χ2n) is 5.87. The molecule has 1 fully saturated rings. The van der Waals surface area contributed by atoms with E-state index in [4.69, 9.17) is 4.74 Å². The number of thioether (sulfide) groups is 1. The minimum atomic E-state index is -0.594. The van der Waals surface area contributed by atoms with Crippen LogP contribution >= 0.6 is 11.8 Å². The van der Waals surface area contributed by atoms with Gasteiger partial charge in [0.05, 0.1) is 11.0 Å². The zero-order valence-corrected chi connectivity index (χ0v) is 14.7. The Morgan fingerprint density at radius 2 is 1.88 bits per heavy atom. The van der Waals surface area contributed by atoms with Gasteiger partial charge in [-0.05, 0) is 48.0 Å². The van der Waals surface area contributed by atoms with Crippen LogP contribution in [0.15, 0.2) is 47.4 Å². The summed E-state index contributed by atoms with van der Waals surface area (Å²) in [6, 6.07) is 13.6. The Bertz CT molecular complexity index is 883. The molecule has 5 nitrogen and oxygen atoms in total. The molecular formula is C19H17NO4S. The van der Waals surface area contributed by atoms with Gasteiger partial charge in [0.25, 0.3) is 11.1 Å². The van der Waals surface area contributed by atoms with Crippen LogP contribution in [-0.4, -0.2) is 34.7 Å². The molecule has 6 heteroatoms. The number of ether oxygens (including phenoxy) is 1. The van der Waals surface area contributed by atoms with Gasteiger partial charge in [0.1, 0.15) is 6.54 Å². The fraction of sp³-hybridized carbons (Fsp3) is 0.211. The zero-order chi connectivity index (χ0) is 18.0. The molecule has 0 bridgehead atoms. The maximum absolute atomic E-state index is 12.5. The van der Waals surface area contributed by atoms with Crippen molar-refractivity contribution in [2.45, 2.75) is 20.0 Å². The second kappa shape index (κ2) is 7.11. The van der Waals surface area contributed by atoms with Crippen molar-refractivity contribution in [3.05, 3.63) is 52.9 Å². The van der Waals surface area contributed by atoms with E-state index in [0.29, 0.717) is 4.91 Å². The average molecular weight is 355 g/mol. The molecule has 2 amide bonds. The molecule has 0 spiro atoms. The molecule has 0 atom stereocenters. The van der Waals surface area contributed by atoms with Crippen LogP contribution in [0.5, 0.6) is 0 Å². The molecule has 128 valence electrons. The predicted octanol–water partition coefficient (Wildman–Crippen LogP) is 3.83. The van der Waals surface area contributed by atoms with E-state index in [1.165, 1.54) is 0 Å². The van der Waals surface area contributed by atoms with Crippen molar-refractivity contribution in [1.29, 1.82) is 0 Å². The van der Waals surface area contributed by atoms with Crippen LogP contribution in [-0.2, 0) is 14.3 Å². The van der Waals surface area contributed by atoms with E-state index in [1.807, 2.05) is 42.5 Å². The van der Waals surface area contributed by atoms with Crippen LogP contribution in [0, 0.1) is 0 Å². The lowest BCUT2D eigenvalue weighted by Gasteiger charge is -2.13. The molecule has 0 aliphatic carbocycles. The third-order valence-corrected chi connectivity index (χ3v) is 4.55. The molecule has 1 aliphatic heterocycles. The van der Waals surface area contributed by atoms with Crippen LogP contribution in [0.3, 0.4) is 0 Å². The van der Waals surface area contributed by atoms with E-state index >= 15 is 0 Å². The number of imide groups is 1. The maximum atomic E-state index is 12.5. The second-order valence-corrected chi connectivity index (χ2v) is 6.87. The Kier molecular flexibility index (Phi) is 4.90. The van der Waals surface area contributed by atoms with E-state index in [0.717, 1.165) is 33.0 Å². The van der Waals surface area contributed by atoms with Crippen LogP contribution in [0.25, 0.3) is 16.8 Å². The number of hydrogen-bond donors (Lipinski definition) is 0. The number of esters is 1. The van der Waals surface area contributed by atoms with E-state index in [2.05, 4.69) is 0 Å². The Hall–Kier alpha value is -2.60. The molecule has 1 saturated heterocycles. The van der Waals surface area contributed by atoms with Crippen LogP contribution in [0.2, 0.25) is 0 Å². The molecule has 0 unspecified atom stereocenters. The number of nitrogens with zero attached hydrogens (tertiary/aromatic N) is 1.